The van der Waals surface area contributed by atoms with Crippen LogP contribution in [0, 0.1) is 0 Å². The van der Waals surface area contributed by atoms with Crippen molar-refractivity contribution in [1.29, 1.82) is 0 Å². The number of rotatable bonds is 10. The van der Waals surface area contributed by atoms with Crippen LogP contribution in [-0.4, -0.2) is 21.1 Å². The standard InChI is InChI=1S/2C5H10O.2C4H9.Sn/c2*1-3-4-5(2)6;2*1-3-4-2;/h2*6H,2-4H2,1H3;2*1,3-4H2,2H3;/q;;;;+2/p-2. The third-order valence-electron chi connectivity index (χ3n) is 2.47. The van der Waals surface area contributed by atoms with Gasteiger partial charge < -0.3 is 10.2 Å². The molecular formula is C18H36O2Sn. The summed E-state index contributed by atoms with van der Waals surface area (Å²) in [4.78, 5) is 0. The molecule has 0 aliphatic heterocycles. The van der Waals surface area contributed by atoms with Crippen molar-refractivity contribution in [2.24, 2.45) is 0 Å². The molecule has 0 aliphatic carbocycles. The van der Waals surface area contributed by atoms with E-state index < -0.39 is 0 Å². The van der Waals surface area contributed by atoms with Crippen LogP contribution in [0.2, 0.25) is 8.87 Å². The van der Waals surface area contributed by atoms with Crippen LogP contribution in [-0.2, 0) is 0 Å². The minimum absolute atomic E-state index is 0.0394. The van der Waals surface area contributed by atoms with E-state index in [2.05, 4.69) is 27.0 Å². The summed E-state index contributed by atoms with van der Waals surface area (Å²) in [6.45, 7) is 14.9. The Morgan fingerprint density at radius 3 is 1.19 bits per heavy atom. The van der Waals surface area contributed by atoms with Crippen LogP contribution in [0.4, 0.5) is 0 Å². The molecule has 0 N–H and O–H groups in total. The molecule has 0 rings (SSSR count). The zero-order valence-corrected chi connectivity index (χ0v) is 17.7. The van der Waals surface area contributed by atoms with Crippen LogP contribution in [0.3, 0.4) is 0 Å². The molecular weight excluding hydrogens is 367 g/mol. The Kier molecular flexibility index (Phi) is 30.6. The first-order valence-electron chi connectivity index (χ1n) is 8.36. The number of allylic oxidation sites excluding steroid dienone is 2. The molecule has 0 aliphatic rings. The Morgan fingerprint density at radius 2 is 1.05 bits per heavy atom. The van der Waals surface area contributed by atoms with Gasteiger partial charge in [-0.2, -0.15) is 0 Å². The Bertz CT molecular complexity index is 193. The second-order valence-corrected chi connectivity index (χ2v) is 9.32. The van der Waals surface area contributed by atoms with E-state index in [0.717, 1.165) is 12.8 Å². The minimum atomic E-state index is 0.0394. The SMILES string of the molecule is C=C([O-])CCC.C=C([O-])CCC.CCC[CH2][Sn+2][CH2]CCC. The Hall–Kier alpha value is -0.121. The van der Waals surface area contributed by atoms with Crippen LogP contribution in [0.5, 0.6) is 0 Å². The fourth-order valence-electron chi connectivity index (χ4n) is 1.29. The van der Waals surface area contributed by atoms with Gasteiger partial charge in [0.25, 0.3) is 0 Å². The van der Waals surface area contributed by atoms with Crippen molar-refractivity contribution in [1.82, 2.24) is 0 Å². The summed E-state index contributed by atoms with van der Waals surface area (Å²) in [5.41, 5.74) is 0. The molecule has 124 valence electrons. The number of hydrogen-bond acceptors (Lipinski definition) is 2. The van der Waals surface area contributed by atoms with Gasteiger partial charge in [0.1, 0.15) is 0 Å². The molecule has 0 saturated heterocycles. The average molecular weight is 403 g/mol. The van der Waals surface area contributed by atoms with E-state index in [1.54, 1.807) is 8.87 Å². The first-order valence-corrected chi connectivity index (χ1v) is 12.4. The molecule has 0 heterocycles. The van der Waals surface area contributed by atoms with E-state index in [4.69, 9.17) is 0 Å². The maximum atomic E-state index is 9.93. The number of unbranched alkanes of at least 4 members (excludes halogenated alkanes) is 2. The summed E-state index contributed by atoms with van der Waals surface area (Å²) < 4.78 is 3.25. The van der Waals surface area contributed by atoms with Crippen molar-refractivity contribution in [3.05, 3.63) is 24.7 Å². The molecule has 0 atom stereocenters. The summed E-state index contributed by atoms with van der Waals surface area (Å²) in [6, 6.07) is 0. The monoisotopic (exact) mass is 404 g/mol. The van der Waals surface area contributed by atoms with Gasteiger partial charge in [-0.1, -0.05) is 26.7 Å². The van der Waals surface area contributed by atoms with E-state index in [1.165, 1.54) is 25.7 Å². The predicted molar refractivity (Wildman–Crippen MR) is 93.3 cm³/mol. The average Bonchev–Trinajstić information content (AvgIpc) is 2.40. The van der Waals surface area contributed by atoms with Gasteiger partial charge in [0.2, 0.25) is 0 Å². The van der Waals surface area contributed by atoms with Crippen molar-refractivity contribution in [2.75, 3.05) is 0 Å². The van der Waals surface area contributed by atoms with E-state index in [1.807, 2.05) is 13.8 Å². The molecule has 0 amide bonds. The van der Waals surface area contributed by atoms with Gasteiger partial charge in [-0.15, -0.1) is 24.7 Å². The van der Waals surface area contributed by atoms with Gasteiger partial charge in [0.05, 0.1) is 0 Å². The molecule has 21 heavy (non-hydrogen) atoms. The molecule has 0 spiro atoms. The maximum absolute atomic E-state index is 9.93. The molecule has 0 bridgehead atoms. The van der Waals surface area contributed by atoms with Gasteiger partial charge in [-0.05, 0) is 12.8 Å². The zero-order chi connectivity index (χ0) is 16.9. The van der Waals surface area contributed by atoms with Crippen LogP contribution >= 0.6 is 0 Å². The van der Waals surface area contributed by atoms with E-state index in [9.17, 15) is 10.2 Å². The number of hydrogen-bond donors (Lipinski definition) is 0. The molecule has 0 aromatic rings. The molecule has 0 fully saturated rings. The van der Waals surface area contributed by atoms with Crippen molar-refractivity contribution in [2.45, 2.75) is 87.9 Å². The van der Waals surface area contributed by atoms with Crippen molar-refractivity contribution < 1.29 is 10.2 Å². The first-order chi connectivity index (χ1) is 9.95. The normalized spacial score (nSPS) is 8.57. The quantitative estimate of drug-likeness (QED) is 0.308. The van der Waals surface area contributed by atoms with Crippen molar-refractivity contribution in [3.8, 4) is 0 Å². The van der Waals surface area contributed by atoms with Crippen LogP contribution in [0.15, 0.2) is 24.7 Å². The summed E-state index contributed by atoms with van der Waals surface area (Å²) in [6.07, 6.45) is 8.93. The van der Waals surface area contributed by atoms with Gasteiger partial charge in [-0.25, -0.2) is 0 Å². The van der Waals surface area contributed by atoms with Gasteiger partial charge in [0.15, 0.2) is 0 Å². The summed E-state index contributed by atoms with van der Waals surface area (Å²) in [5, 5.41) is 19.9. The Morgan fingerprint density at radius 1 is 0.714 bits per heavy atom. The fourth-order valence-corrected chi connectivity index (χ4v) is 5.44. The molecule has 0 radical (unpaired) electrons. The van der Waals surface area contributed by atoms with Gasteiger partial charge >= 0.3 is 69.5 Å². The van der Waals surface area contributed by atoms with E-state index >= 15 is 0 Å². The third kappa shape index (κ3) is 45.0. The first kappa shape index (κ1) is 25.8. The van der Waals surface area contributed by atoms with Gasteiger partial charge in [0, 0.05) is 0 Å². The molecule has 0 aromatic carbocycles. The summed E-state index contributed by atoms with van der Waals surface area (Å²) in [7, 11) is 0. The molecule has 0 saturated carbocycles. The summed E-state index contributed by atoms with van der Waals surface area (Å²) in [5.74, 6) is 0.0787. The topological polar surface area (TPSA) is 46.1 Å². The Labute approximate surface area is 144 Å². The predicted octanol–water partition coefficient (Wildman–Crippen LogP) is 4.45. The molecule has 3 heteroatoms. The Balaban J connectivity index is -0.000000240. The third-order valence-corrected chi connectivity index (χ3v) is 6.51. The van der Waals surface area contributed by atoms with Crippen LogP contribution in [0.25, 0.3) is 0 Å². The molecule has 0 aromatic heterocycles. The van der Waals surface area contributed by atoms with Crippen molar-refractivity contribution >= 4 is 21.1 Å². The zero-order valence-electron chi connectivity index (χ0n) is 14.8. The van der Waals surface area contributed by atoms with Crippen LogP contribution in [0.1, 0.15) is 79.1 Å². The molecule has 2 nitrogen and oxygen atoms in total. The van der Waals surface area contributed by atoms with Gasteiger partial charge in [-0.3, -0.25) is 0 Å². The van der Waals surface area contributed by atoms with E-state index in [0.29, 0.717) is 12.8 Å². The fraction of sp³-hybridized carbons (Fsp3) is 0.778. The second-order valence-electron chi connectivity index (χ2n) is 5.03. The second kappa shape index (κ2) is 24.9. The van der Waals surface area contributed by atoms with Crippen LogP contribution < -0.4 is 10.2 Å². The van der Waals surface area contributed by atoms with Crippen molar-refractivity contribution in [3.63, 3.8) is 0 Å². The summed E-state index contributed by atoms with van der Waals surface area (Å²) >= 11 is 0.149. The molecule has 0 unspecified atom stereocenters. The van der Waals surface area contributed by atoms with E-state index in [-0.39, 0.29) is 32.7 Å².